The maximum absolute atomic E-state index is 11.2. The number of hydrogen-bond donors (Lipinski definition) is 1. The second kappa shape index (κ2) is 4.22. The van der Waals surface area contributed by atoms with Gasteiger partial charge in [-0.25, -0.2) is 9.59 Å². The van der Waals surface area contributed by atoms with E-state index in [4.69, 9.17) is 4.74 Å². The van der Waals surface area contributed by atoms with Crippen LogP contribution < -0.4 is 5.32 Å². The zero-order chi connectivity index (χ0) is 11.5. The molecule has 1 aromatic carbocycles. The van der Waals surface area contributed by atoms with Gasteiger partial charge < -0.3 is 14.8 Å². The number of benzene rings is 1. The summed E-state index contributed by atoms with van der Waals surface area (Å²) >= 11 is 0. The lowest BCUT2D eigenvalue weighted by molar-refractivity contribution is 0.0600. The molecule has 0 radical (unpaired) electrons. The predicted octanol–water partition coefficient (Wildman–Crippen LogP) is 1.25. The van der Waals surface area contributed by atoms with E-state index in [9.17, 15) is 9.59 Å². The van der Waals surface area contributed by atoms with Crippen LogP contribution in [0.2, 0.25) is 0 Å². The maximum atomic E-state index is 11.2. The third kappa shape index (κ3) is 1.98. The molecule has 1 N–H and O–H groups in total. The van der Waals surface area contributed by atoms with Crippen molar-refractivity contribution in [3.05, 3.63) is 35.4 Å². The van der Waals surface area contributed by atoms with E-state index in [1.165, 1.54) is 7.11 Å². The first-order chi connectivity index (χ1) is 7.70. The lowest BCUT2D eigenvalue weighted by Crippen LogP contribution is -2.18. The van der Waals surface area contributed by atoms with Gasteiger partial charge >= 0.3 is 12.1 Å². The van der Waals surface area contributed by atoms with Crippen LogP contribution in [-0.4, -0.2) is 25.8 Å². The van der Waals surface area contributed by atoms with Gasteiger partial charge in [-0.3, -0.25) is 0 Å². The van der Waals surface area contributed by atoms with E-state index in [0.29, 0.717) is 12.2 Å². The van der Waals surface area contributed by atoms with Crippen molar-refractivity contribution in [3.63, 3.8) is 0 Å². The van der Waals surface area contributed by atoms with Crippen molar-refractivity contribution < 1.29 is 19.1 Å². The van der Waals surface area contributed by atoms with Crippen molar-refractivity contribution in [3.8, 4) is 0 Å². The molecular formula is C11H11NO4. The van der Waals surface area contributed by atoms with E-state index in [0.717, 1.165) is 5.56 Å². The van der Waals surface area contributed by atoms with Gasteiger partial charge in [0.25, 0.3) is 0 Å². The van der Waals surface area contributed by atoms with Crippen LogP contribution in [0.25, 0.3) is 0 Å². The third-order valence-electron chi connectivity index (χ3n) is 2.41. The number of rotatable bonds is 2. The summed E-state index contributed by atoms with van der Waals surface area (Å²) in [4.78, 5) is 22.0. The molecule has 2 rings (SSSR count). The molecule has 16 heavy (non-hydrogen) atoms. The molecule has 1 fully saturated rings. The smallest absolute Gasteiger partial charge is 0.407 e. The number of alkyl carbamates (subject to hydrolysis) is 1. The molecule has 0 aromatic heterocycles. The highest BCUT2D eigenvalue weighted by Crippen LogP contribution is 2.18. The number of amides is 1. The molecule has 1 aromatic rings. The molecule has 0 aliphatic carbocycles. The number of methoxy groups -OCH3 is 1. The van der Waals surface area contributed by atoms with E-state index in [1.54, 1.807) is 24.3 Å². The van der Waals surface area contributed by atoms with Gasteiger partial charge in [-0.2, -0.15) is 0 Å². The Morgan fingerprint density at radius 2 is 2.12 bits per heavy atom. The summed E-state index contributed by atoms with van der Waals surface area (Å²) in [5.41, 5.74) is 1.38. The van der Waals surface area contributed by atoms with E-state index in [1.807, 2.05) is 0 Å². The lowest BCUT2D eigenvalue weighted by atomic mass is 10.1. The van der Waals surface area contributed by atoms with Crippen molar-refractivity contribution in [2.45, 2.75) is 6.04 Å². The minimum atomic E-state index is -0.415. The van der Waals surface area contributed by atoms with E-state index in [-0.39, 0.29) is 12.0 Å². The molecule has 5 nitrogen and oxygen atoms in total. The van der Waals surface area contributed by atoms with Gasteiger partial charge in [0.15, 0.2) is 0 Å². The summed E-state index contributed by atoms with van der Waals surface area (Å²) in [6.07, 6.45) is -0.415. The molecule has 84 valence electrons. The molecule has 1 heterocycles. The van der Waals surface area contributed by atoms with Crippen molar-refractivity contribution in [1.82, 2.24) is 5.32 Å². The first-order valence-electron chi connectivity index (χ1n) is 4.82. The summed E-state index contributed by atoms with van der Waals surface area (Å²) in [6.45, 7) is 0.316. The second-order valence-electron chi connectivity index (χ2n) is 3.41. The Morgan fingerprint density at radius 3 is 2.62 bits per heavy atom. The highest BCUT2D eigenvalue weighted by Gasteiger charge is 2.23. The van der Waals surface area contributed by atoms with Crippen LogP contribution in [-0.2, 0) is 9.47 Å². The lowest BCUT2D eigenvalue weighted by Gasteiger charge is -2.07. The Bertz CT molecular complexity index is 412. The summed E-state index contributed by atoms with van der Waals surface area (Å²) in [5.74, 6) is -0.377. The average molecular weight is 221 g/mol. The molecule has 1 atom stereocenters. The molecule has 1 saturated heterocycles. The number of ether oxygens (including phenoxy) is 2. The molecule has 0 bridgehead atoms. The topological polar surface area (TPSA) is 64.6 Å². The summed E-state index contributed by atoms with van der Waals surface area (Å²) in [7, 11) is 1.33. The highest BCUT2D eigenvalue weighted by atomic mass is 16.6. The fraction of sp³-hybridized carbons (Fsp3) is 0.273. The first kappa shape index (κ1) is 10.5. The average Bonchev–Trinajstić information content (AvgIpc) is 2.75. The van der Waals surface area contributed by atoms with Crippen LogP contribution >= 0.6 is 0 Å². The minimum Gasteiger partial charge on any atom is -0.465 e. The number of hydrogen-bond acceptors (Lipinski definition) is 4. The largest absolute Gasteiger partial charge is 0.465 e. The number of carbonyl (C=O) groups excluding carboxylic acids is 2. The summed E-state index contributed by atoms with van der Waals surface area (Å²) in [6, 6.07) is 6.72. The van der Waals surface area contributed by atoms with Gasteiger partial charge in [-0.1, -0.05) is 12.1 Å². The third-order valence-corrected chi connectivity index (χ3v) is 2.41. The summed E-state index contributed by atoms with van der Waals surface area (Å²) < 4.78 is 9.36. The number of esters is 1. The van der Waals surface area contributed by atoms with Crippen molar-refractivity contribution in [2.75, 3.05) is 13.7 Å². The Kier molecular flexibility index (Phi) is 2.76. The minimum absolute atomic E-state index is 0.140. The number of cyclic esters (lactones) is 1. The fourth-order valence-electron chi connectivity index (χ4n) is 1.53. The monoisotopic (exact) mass is 221 g/mol. The Labute approximate surface area is 92.4 Å². The van der Waals surface area contributed by atoms with Gasteiger partial charge in [0.1, 0.15) is 6.61 Å². The standard InChI is InChI=1S/C11H11NO4/c1-15-10(13)8-4-2-7(3-5-8)9-6-16-11(14)12-9/h2-5,9H,6H2,1H3,(H,12,14)/t9-/m1/s1. The van der Waals surface area contributed by atoms with Crippen molar-refractivity contribution in [2.24, 2.45) is 0 Å². The second-order valence-corrected chi connectivity index (χ2v) is 3.41. The van der Waals surface area contributed by atoms with Gasteiger partial charge in [0.2, 0.25) is 0 Å². The molecule has 0 saturated carbocycles. The van der Waals surface area contributed by atoms with Crippen LogP contribution in [0.1, 0.15) is 22.0 Å². The van der Waals surface area contributed by atoms with E-state index in [2.05, 4.69) is 10.1 Å². The highest BCUT2D eigenvalue weighted by molar-refractivity contribution is 5.89. The van der Waals surface area contributed by atoms with Crippen LogP contribution in [0, 0.1) is 0 Å². The quantitative estimate of drug-likeness (QED) is 0.763. The molecule has 1 amide bonds. The Hall–Kier alpha value is -2.04. The van der Waals surface area contributed by atoms with Gasteiger partial charge in [0, 0.05) is 0 Å². The molecule has 0 unspecified atom stereocenters. The fourth-order valence-corrected chi connectivity index (χ4v) is 1.53. The molecule has 0 spiro atoms. The van der Waals surface area contributed by atoms with Crippen molar-refractivity contribution >= 4 is 12.1 Å². The first-order valence-corrected chi connectivity index (χ1v) is 4.82. The maximum Gasteiger partial charge on any atom is 0.407 e. The number of carbonyl (C=O) groups is 2. The SMILES string of the molecule is COC(=O)c1ccc([C@H]2COC(=O)N2)cc1. The molecule has 1 aliphatic rings. The predicted molar refractivity (Wildman–Crippen MR) is 55.0 cm³/mol. The zero-order valence-electron chi connectivity index (χ0n) is 8.73. The summed E-state index contributed by atoms with van der Waals surface area (Å²) in [5, 5.41) is 2.66. The normalized spacial score (nSPS) is 18.8. The Balaban J connectivity index is 2.13. The van der Waals surface area contributed by atoms with E-state index >= 15 is 0 Å². The zero-order valence-corrected chi connectivity index (χ0v) is 8.73. The molecular weight excluding hydrogens is 210 g/mol. The van der Waals surface area contributed by atoms with Gasteiger partial charge in [-0.05, 0) is 17.7 Å². The van der Waals surface area contributed by atoms with Crippen LogP contribution in [0.15, 0.2) is 24.3 Å². The molecule has 5 heteroatoms. The molecule has 1 aliphatic heterocycles. The van der Waals surface area contributed by atoms with E-state index < -0.39 is 6.09 Å². The van der Waals surface area contributed by atoms with Gasteiger partial charge in [-0.15, -0.1) is 0 Å². The van der Waals surface area contributed by atoms with Crippen LogP contribution in [0.4, 0.5) is 4.79 Å². The van der Waals surface area contributed by atoms with Crippen LogP contribution in [0.3, 0.4) is 0 Å². The van der Waals surface area contributed by atoms with Gasteiger partial charge in [0.05, 0.1) is 18.7 Å². The van der Waals surface area contributed by atoms with Crippen LogP contribution in [0.5, 0.6) is 0 Å². The Morgan fingerprint density at radius 1 is 1.44 bits per heavy atom. The van der Waals surface area contributed by atoms with Crippen molar-refractivity contribution in [1.29, 1.82) is 0 Å². The number of nitrogens with one attached hydrogen (secondary N) is 1.